The number of nitrogens with one attached hydrogen (secondary N) is 3. The van der Waals surface area contributed by atoms with Crippen molar-refractivity contribution >= 4 is 211 Å². The first kappa shape index (κ1) is 99.0. The minimum atomic E-state index is -1.24. The molecule has 7 heterocycles. The van der Waals surface area contributed by atoms with Crippen LogP contribution < -0.4 is 30.7 Å². The number of hydrogen-bond donors (Lipinski definition) is 4. The number of ether oxygens (including phenoxy) is 10. The van der Waals surface area contributed by atoms with Crippen LogP contribution in [0.4, 0.5) is 29.4 Å². The Kier molecular flexibility index (Phi) is 48.1. The highest BCUT2D eigenvalue weighted by Crippen LogP contribution is 2.41. The van der Waals surface area contributed by atoms with Gasteiger partial charge >= 0.3 is 30.2 Å². The van der Waals surface area contributed by atoms with E-state index in [4.69, 9.17) is 97.0 Å². The molecule has 3 amide bonds. The SMILES string of the molecule is CN(CCOC(=O)NCCOCCOCCCCCCCl)c1cc2sc(/C=C(\C#N)C(=O)O)cc2s1.CN(CCOC(=O)NCCOCCOCCCCCCCl)c1cc2sc(/C=C(\C#N)C(=O)OC(C)(C)C)cc2s1.CN(CCOC(=O)NCCOCCOCCCCCCCl)c1cc2sc(/C=C(\C#N)c3nc4ccccc4o3)cc2s1. The molecule has 0 aliphatic heterocycles. The zero-order chi connectivity index (χ0) is 85.1. The van der Waals surface area contributed by atoms with Gasteiger partial charge in [-0.3, -0.25) is 0 Å². The van der Waals surface area contributed by atoms with Gasteiger partial charge in [-0.1, -0.05) is 50.7 Å². The molecule has 0 spiro atoms. The summed E-state index contributed by atoms with van der Waals surface area (Å²) in [5.74, 6) is 0.601. The third-order valence-electron chi connectivity index (χ3n) is 16.5. The standard InChI is InChI=1S/C30H35ClN4O5S2.C28H40ClN3O6S2.C24H32ClN3O6S2/c1-35(12-15-39-30(36)33-11-14-38-17-16-37-13-7-3-2-6-10-31)28-20-27-26(42-28)19-23(41-27)18-22(21-32)29-34-24-8-4-5-9-25(24)40-29;1-28(2,3)38-26(33)21(20-30)17-22-18-23-24(39-22)19-25(40-23)32(4)11-14-37-27(34)31-10-13-36-16-15-35-12-8-6-5-7-9-29;1-28(22-16-21-20(36-22)15-19(35-21)14-18(17-26)23(29)30)8-11-34-24(31)27-7-10-33-13-12-32-9-5-3-2-4-6-25/h4-5,8-9,18-20H,2-3,6-7,10-17H2,1H3,(H,33,36);17-19H,5-16H2,1-4H3,(H,31,34);14-16H,2-13H2,1H3,(H,27,31)(H,29,30)/b22-18+;21-17+;18-14+. The van der Waals surface area contributed by atoms with Crippen molar-refractivity contribution in [3.8, 4) is 18.2 Å². The number of rotatable bonds is 54. The lowest BCUT2D eigenvalue weighted by molar-refractivity contribution is -0.149. The van der Waals surface area contributed by atoms with Crippen LogP contribution >= 0.6 is 103 Å². The number of anilines is 3. The fraction of sp³-hybridized carbons (Fsp3) is 0.524. The Morgan fingerprint density at radius 1 is 0.458 bits per heavy atom. The molecule has 7 aromatic heterocycles. The van der Waals surface area contributed by atoms with Gasteiger partial charge in [-0.05, 0) is 126 Å². The van der Waals surface area contributed by atoms with Gasteiger partial charge in [0.25, 0.3) is 0 Å². The predicted molar refractivity (Wildman–Crippen MR) is 478 cm³/mol. The fourth-order valence-corrected chi connectivity index (χ4v) is 17.9. The van der Waals surface area contributed by atoms with Gasteiger partial charge in [0.15, 0.2) is 5.58 Å². The van der Waals surface area contributed by atoms with Crippen LogP contribution in [0.1, 0.15) is 118 Å². The molecule has 0 fully saturated rings. The quantitative estimate of drug-likeness (QED) is 0.00687. The number of carbonyl (C=O) groups excluding carboxylic acids is 4. The number of thiophene rings is 6. The average molecular weight is 1800 g/mol. The number of carboxylic acid groups (broad SMARTS) is 1. The molecule has 0 unspecified atom stereocenters. The van der Waals surface area contributed by atoms with Crippen LogP contribution in [0, 0.1) is 34.0 Å². The van der Waals surface area contributed by atoms with Crippen LogP contribution in [0.15, 0.2) is 76.2 Å². The first-order valence-corrected chi connectivity index (χ1v) is 45.4. The molecule has 0 aliphatic rings. The lowest BCUT2D eigenvalue weighted by atomic mass is 10.2. The molecular formula is C82H107Cl3N10O17S6. The number of amides is 3. The zero-order valence-electron chi connectivity index (χ0n) is 67.7. The van der Waals surface area contributed by atoms with E-state index in [9.17, 15) is 34.5 Å². The Labute approximate surface area is 729 Å². The molecule has 118 heavy (non-hydrogen) atoms. The summed E-state index contributed by atoms with van der Waals surface area (Å²) in [6.45, 7) is 15.2. The third-order valence-corrected chi connectivity index (χ3v) is 24.4. The molecule has 4 N–H and O–H groups in total. The number of fused-ring (bicyclic) bond motifs is 4. The number of hydrogen-bond acceptors (Lipinski definition) is 29. The van der Waals surface area contributed by atoms with Gasteiger partial charge in [0.1, 0.15) is 65.9 Å². The number of likely N-dealkylation sites (N-methyl/N-ethyl adjacent to an activating group) is 3. The molecule has 0 saturated carbocycles. The van der Waals surface area contributed by atoms with Crippen molar-refractivity contribution in [1.82, 2.24) is 20.9 Å². The van der Waals surface area contributed by atoms with Crippen LogP contribution in [0.2, 0.25) is 0 Å². The van der Waals surface area contributed by atoms with Crippen molar-refractivity contribution in [3.63, 3.8) is 0 Å². The number of allylic oxidation sites excluding steroid dienone is 1. The van der Waals surface area contributed by atoms with E-state index in [1.54, 1.807) is 78.3 Å². The number of carboxylic acids is 1. The van der Waals surface area contributed by atoms with E-state index in [1.807, 2.05) is 91.6 Å². The maximum Gasteiger partial charge on any atom is 0.407 e. The number of nitriles is 3. The van der Waals surface area contributed by atoms with Crippen molar-refractivity contribution in [2.75, 3.05) is 192 Å². The van der Waals surface area contributed by atoms with Crippen molar-refractivity contribution in [2.45, 2.75) is 103 Å². The summed E-state index contributed by atoms with van der Waals surface area (Å²) in [6, 6.07) is 25.3. The molecular weight excluding hydrogens is 1700 g/mol. The molecule has 8 rings (SSSR count). The fourth-order valence-electron chi connectivity index (χ4n) is 10.4. The number of oxazole rings is 1. The summed E-state index contributed by atoms with van der Waals surface area (Å²) in [5, 5.41) is 48.1. The van der Waals surface area contributed by atoms with E-state index in [1.165, 1.54) is 28.7 Å². The number of aliphatic carboxylic acids is 1. The summed E-state index contributed by atoms with van der Waals surface area (Å²) < 4.78 is 66.1. The number of unbranched alkanes of at least 4 members (excludes halogenated alkanes) is 9. The van der Waals surface area contributed by atoms with Crippen LogP contribution in [-0.2, 0) is 57.0 Å². The highest BCUT2D eigenvalue weighted by molar-refractivity contribution is 7.31. The number of nitrogens with zero attached hydrogens (tertiary/aromatic N) is 7. The van der Waals surface area contributed by atoms with Crippen molar-refractivity contribution < 1.29 is 80.9 Å². The highest BCUT2D eigenvalue weighted by Gasteiger charge is 2.22. The minimum Gasteiger partial charge on any atom is -0.477 e. The van der Waals surface area contributed by atoms with E-state index in [-0.39, 0.29) is 31.0 Å². The number of alkyl halides is 3. The molecule has 0 saturated heterocycles. The first-order valence-electron chi connectivity index (χ1n) is 38.9. The number of halogens is 3. The molecule has 0 bridgehead atoms. The second kappa shape index (κ2) is 57.4. The minimum absolute atomic E-state index is 0.0303. The Bertz CT molecular complexity index is 4420. The largest absolute Gasteiger partial charge is 0.477 e. The van der Waals surface area contributed by atoms with Crippen LogP contribution in [-0.4, -0.2) is 223 Å². The van der Waals surface area contributed by atoms with Crippen molar-refractivity contribution in [1.29, 1.82) is 15.8 Å². The highest BCUT2D eigenvalue weighted by atomic mass is 35.5. The molecule has 0 radical (unpaired) electrons. The molecule has 0 atom stereocenters. The Morgan fingerprint density at radius 2 is 0.805 bits per heavy atom. The van der Waals surface area contributed by atoms with E-state index < -0.39 is 35.8 Å². The van der Waals surface area contributed by atoms with E-state index in [0.29, 0.717) is 122 Å². The molecule has 27 nitrogen and oxygen atoms in total. The summed E-state index contributed by atoms with van der Waals surface area (Å²) >= 11 is 26.2. The lowest BCUT2D eigenvalue weighted by Crippen LogP contribution is -2.31. The summed E-state index contributed by atoms with van der Waals surface area (Å²) in [5.41, 5.74) is 0.770. The lowest BCUT2D eigenvalue weighted by Gasteiger charge is -2.18. The van der Waals surface area contributed by atoms with Crippen molar-refractivity contribution in [2.24, 2.45) is 0 Å². The molecule has 0 aliphatic carbocycles. The number of benzene rings is 1. The van der Waals surface area contributed by atoms with Gasteiger partial charge in [0.05, 0.1) is 94.1 Å². The Hall–Kier alpha value is -7.86. The number of carbonyl (C=O) groups is 5. The van der Waals surface area contributed by atoms with Gasteiger partial charge in [-0.15, -0.1) is 103 Å². The van der Waals surface area contributed by atoms with Crippen LogP contribution in [0.3, 0.4) is 0 Å². The van der Waals surface area contributed by atoms with Gasteiger partial charge in [0.2, 0.25) is 5.89 Å². The summed E-state index contributed by atoms with van der Waals surface area (Å²) in [7, 11) is 5.81. The van der Waals surface area contributed by atoms with Crippen LogP contribution in [0.5, 0.6) is 0 Å². The molecule has 1 aromatic carbocycles. The molecule has 8 aromatic rings. The van der Waals surface area contributed by atoms with Gasteiger partial charge in [0, 0.05) is 121 Å². The van der Waals surface area contributed by atoms with E-state index >= 15 is 0 Å². The van der Waals surface area contributed by atoms with Gasteiger partial charge in [-0.25, -0.2) is 29.0 Å². The number of aromatic nitrogens is 1. The summed E-state index contributed by atoms with van der Waals surface area (Å²) in [4.78, 5) is 71.9. The number of alkyl carbamates (subject to hydrolysis) is 3. The predicted octanol–water partition coefficient (Wildman–Crippen LogP) is 18.3. The number of esters is 1. The van der Waals surface area contributed by atoms with E-state index in [0.717, 1.165) is 172 Å². The summed E-state index contributed by atoms with van der Waals surface area (Å²) in [6.07, 6.45) is 16.4. The molecule has 644 valence electrons. The Balaban J connectivity index is 0.000000276. The second-order valence-electron chi connectivity index (χ2n) is 27.1. The van der Waals surface area contributed by atoms with E-state index in [2.05, 4.69) is 44.0 Å². The third kappa shape index (κ3) is 39.1. The van der Waals surface area contributed by atoms with Gasteiger partial charge < -0.3 is 87.5 Å². The first-order chi connectivity index (χ1) is 57.1. The Morgan fingerprint density at radius 3 is 1.14 bits per heavy atom. The zero-order valence-corrected chi connectivity index (χ0v) is 74.8. The number of para-hydroxylation sites is 2. The average Bonchev–Trinajstić information content (AvgIpc) is 1.67. The molecule has 36 heteroatoms. The topological polar surface area (TPSA) is 341 Å². The van der Waals surface area contributed by atoms with Gasteiger partial charge in [-0.2, -0.15) is 15.8 Å². The monoisotopic (exact) mass is 1800 g/mol. The maximum atomic E-state index is 12.2. The van der Waals surface area contributed by atoms with Crippen molar-refractivity contribution in [3.05, 3.63) is 92.3 Å². The second-order valence-corrected chi connectivity index (χ2v) is 34.8. The van der Waals surface area contributed by atoms with Crippen LogP contribution in [0.25, 0.3) is 63.1 Å². The normalized spacial score (nSPS) is 11.7. The maximum absolute atomic E-state index is 12.2. The smallest absolute Gasteiger partial charge is 0.407 e.